The first kappa shape index (κ1) is 17.2. The van der Waals surface area contributed by atoms with Gasteiger partial charge in [0.05, 0.1) is 28.5 Å². The van der Waals surface area contributed by atoms with Crippen molar-refractivity contribution in [3.05, 3.63) is 60.2 Å². The maximum absolute atomic E-state index is 10.2. The van der Waals surface area contributed by atoms with Crippen LogP contribution in [-0.4, -0.2) is 37.5 Å². The summed E-state index contributed by atoms with van der Waals surface area (Å²) in [6.45, 7) is 5.47. The third kappa shape index (κ3) is 2.73. The summed E-state index contributed by atoms with van der Waals surface area (Å²) < 4.78 is 2.12. The highest BCUT2D eigenvalue weighted by Gasteiger charge is 2.18. The van der Waals surface area contributed by atoms with E-state index in [-0.39, 0.29) is 0 Å². The van der Waals surface area contributed by atoms with Crippen LogP contribution in [0.2, 0.25) is 0 Å². The van der Waals surface area contributed by atoms with Gasteiger partial charge in [0.15, 0.2) is 5.65 Å². The maximum atomic E-state index is 10.2. The Balaban J connectivity index is 1.65. The third-order valence-electron chi connectivity index (χ3n) is 5.47. The fourth-order valence-corrected chi connectivity index (χ4v) is 3.90. The molecule has 28 heavy (non-hydrogen) atoms. The Morgan fingerprint density at radius 2 is 1.96 bits per heavy atom. The molecule has 0 amide bonds. The number of hydrogen-bond acceptors (Lipinski definition) is 4. The number of benzene rings is 1. The van der Waals surface area contributed by atoms with Crippen LogP contribution in [0.25, 0.3) is 33.5 Å². The van der Waals surface area contributed by atoms with Crippen LogP contribution in [0.15, 0.2) is 49.1 Å². The largest absolute Gasteiger partial charge is 0.386 e. The molecule has 0 spiro atoms. The minimum atomic E-state index is -0.856. The normalized spacial score (nSPS) is 15.3. The van der Waals surface area contributed by atoms with Crippen LogP contribution in [-0.2, 0) is 5.60 Å². The van der Waals surface area contributed by atoms with E-state index >= 15 is 0 Å². The van der Waals surface area contributed by atoms with Crippen molar-refractivity contribution in [2.75, 3.05) is 13.1 Å². The maximum Gasteiger partial charge on any atom is 0.155 e. The Morgan fingerprint density at radius 3 is 2.68 bits per heavy atom. The molecule has 3 N–H and O–H groups in total. The molecular weight excluding hydrogens is 350 g/mol. The molecule has 1 aromatic carbocycles. The lowest BCUT2D eigenvalue weighted by Crippen LogP contribution is -2.20. The number of rotatable bonds is 3. The van der Waals surface area contributed by atoms with Gasteiger partial charge < -0.3 is 15.4 Å². The van der Waals surface area contributed by atoms with Gasteiger partial charge in [0.25, 0.3) is 0 Å². The fourth-order valence-electron chi connectivity index (χ4n) is 3.90. The molecule has 3 aromatic heterocycles. The number of nitrogens with one attached hydrogen (secondary N) is 2. The number of aromatic amines is 1. The van der Waals surface area contributed by atoms with Gasteiger partial charge in [0.1, 0.15) is 6.33 Å². The standard InChI is InChI=1S/C22H23N5O/c1-22(2,28)16-5-3-15(4-6-16)19-18-12-25-21-20(27(18)13-26-19)17(11-24-21)14-7-9-23-10-8-14/h3-7,11-13,23-24,28H,8-10H2,1-2H3. The molecule has 0 fully saturated rings. The zero-order valence-corrected chi connectivity index (χ0v) is 16.0. The van der Waals surface area contributed by atoms with E-state index in [4.69, 9.17) is 0 Å². The Morgan fingerprint density at radius 1 is 1.14 bits per heavy atom. The summed E-state index contributed by atoms with van der Waals surface area (Å²) in [4.78, 5) is 12.6. The molecular formula is C22H23N5O. The lowest BCUT2D eigenvalue weighted by Gasteiger charge is -2.17. The van der Waals surface area contributed by atoms with Crippen LogP contribution in [0.5, 0.6) is 0 Å². The van der Waals surface area contributed by atoms with Gasteiger partial charge in [-0.05, 0) is 37.9 Å². The summed E-state index contributed by atoms with van der Waals surface area (Å²) in [6.07, 6.45) is 9.04. The molecule has 5 rings (SSSR count). The number of imidazole rings is 1. The predicted molar refractivity (Wildman–Crippen MR) is 111 cm³/mol. The smallest absolute Gasteiger partial charge is 0.155 e. The topological polar surface area (TPSA) is 78.2 Å². The van der Waals surface area contributed by atoms with E-state index in [0.29, 0.717) is 0 Å². The SMILES string of the molecule is CC(C)(O)c1ccc(-c2ncn3c2cnc2[nH]cc(C4=CCNCC4)c23)cc1. The van der Waals surface area contributed by atoms with E-state index < -0.39 is 5.60 Å². The molecule has 4 heterocycles. The van der Waals surface area contributed by atoms with Crippen LogP contribution in [0.3, 0.4) is 0 Å². The average molecular weight is 373 g/mol. The highest BCUT2D eigenvalue weighted by molar-refractivity contribution is 5.92. The number of aliphatic hydroxyl groups is 1. The monoisotopic (exact) mass is 373 g/mol. The second-order valence-electron chi connectivity index (χ2n) is 7.83. The van der Waals surface area contributed by atoms with Crippen molar-refractivity contribution in [3.63, 3.8) is 0 Å². The highest BCUT2D eigenvalue weighted by atomic mass is 16.3. The number of aromatic nitrogens is 4. The first-order valence-electron chi connectivity index (χ1n) is 9.59. The Hall–Kier alpha value is -2.96. The Bertz CT molecular complexity index is 1190. The van der Waals surface area contributed by atoms with Crippen LogP contribution in [0.1, 0.15) is 31.4 Å². The van der Waals surface area contributed by atoms with Crippen molar-refractivity contribution in [3.8, 4) is 11.3 Å². The van der Waals surface area contributed by atoms with Crippen molar-refractivity contribution in [2.45, 2.75) is 25.9 Å². The quantitative estimate of drug-likeness (QED) is 0.514. The van der Waals surface area contributed by atoms with Gasteiger partial charge >= 0.3 is 0 Å². The highest BCUT2D eigenvalue weighted by Crippen LogP contribution is 2.31. The number of hydrogen-bond donors (Lipinski definition) is 3. The fraction of sp³-hybridized carbons (Fsp3) is 0.273. The molecule has 142 valence electrons. The first-order valence-corrected chi connectivity index (χ1v) is 9.59. The minimum absolute atomic E-state index is 0.856. The van der Waals surface area contributed by atoms with E-state index in [1.165, 1.54) is 11.1 Å². The van der Waals surface area contributed by atoms with Gasteiger partial charge in [-0.1, -0.05) is 30.3 Å². The molecule has 0 saturated heterocycles. The summed E-state index contributed by atoms with van der Waals surface area (Å²) in [5.41, 5.74) is 7.36. The minimum Gasteiger partial charge on any atom is -0.386 e. The van der Waals surface area contributed by atoms with Gasteiger partial charge in [-0.15, -0.1) is 0 Å². The average Bonchev–Trinajstić information content (AvgIpc) is 3.32. The lowest BCUT2D eigenvalue weighted by molar-refractivity contribution is 0.0786. The summed E-state index contributed by atoms with van der Waals surface area (Å²) in [5, 5.41) is 13.6. The van der Waals surface area contributed by atoms with E-state index in [1.54, 1.807) is 13.8 Å². The molecule has 0 radical (unpaired) electrons. The molecule has 6 nitrogen and oxygen atoms in total. The lowest BCUT2D eigenvalue weighted by atomic mass is 9.97. The van der Waals surface area contributed by atoms with Crippen molar-refractivity contribution in [1.82, 2.24) is 24.7 Å². The van der Waals surface area contributed by atoms with E-state index in [9.17, 15) is 5.11 Å². The Labute approximate surface area is 163 Å². The second kappa shape index (κ2) is 6.29. The second-order valence-corrected chi connectivity index (χ2v) is 7.83. The zero-order valence-electron chi connectivity index (χ0n) is 16.0. The molecule has 0 bridgehead atoms. The van der Waals surface area contributed by atoms with Crippen LogP contribution < -0.4 is 5.32 Å². The number of fused-ring (bicyclic) bond motifs is 3. The van der Waals surface area contributed by atoms with E-state index in [1.807, 2.05) is 43.0 Å². The van der Waals surface area contributed by atoms with Crippen LogP contribution in [0.4, 0.5) is 0 Å². The molecule has 4 aromatic rings. The molecule has 0 atom stereocenters. The van der Waals surface area contributed by atoms with Gasteiger partial charge in [0.2, 0.25) is 0 Å². The van der Waals surface area contributed by atoms with Crippen molar-refractivity contribution in [2.24, 2.45) is 0 Å². The summed E-state index contributed by atoms with van der Waals surface area (Å²) in [7, 11) is 0. The van der Waals surface area contributed by atoms with Gasteiger partial charge in [-0.2, -0.15) is 0 Å². The first-order chi connectivity index (χ1) is 13.5. The van der Waals surface area contributed by atoms with Gasteiger partial charge in [-0.3, -0.25) is 4.40 Å². The predicted octanol–water partition coefficient (Wildman–Crippen LogP) is 3.48. The molecule has 1 aliphatic heterocycles. The zero-order chi connectivity index (χ0) is 19.3. The molecule has 0 unspecified atom stereocenters. The van der Waals surface area contributed by atoms with Crippen molar-refractivity contribution in [1.29, 1.82) is 0 Å². The molecule has 1 aliphatic rings. The van der Waals surface area contributed by atoms with Crippen molar-refractivity contribution >= 4 is 22.3 Å². The van der Waals surface area contributed by atoms with Gasteiger partial charge in [-0.25, -0.2) is 9.97 Å². The van der Waals surface area contributed by atoms with Crippen LogP contribution in [0, 0.1) is 0 Å². The third-order valence-corrected chi connectivity index (χ3v) is 5.47. The van der Waals surface area contributed by atoms with Crippen LogP contribution >= 0.6 is 0 Å². The molecule has 0 saturated carbocycles. The summed E-state index contributed by atoms with van der Waals surface area (Å²) >= 11 is 0. The number of H-pyrrole nitrogens is 1. The number of nitrogens with zero attached hydrogens (tertiary/aromatic N) is 3. The summed E-state index contributed by atoms with van der Waals surface area (Å²) in [5.74, 6) is 0. The van der Waals surface area contributed by atoms with Gasteiger partial charge in [0, 0.05) is 23.9 Å². The molecule has 6 heteroatoms. The van der Waals surface area contributed by atoms with E-state index in [2.05, 4.69) is 30.7 Å². The van der Waals surface area contributed by atoms with Crippen molar-refractivity contribution < 1.29 is 5.11 Å². The molecule has 0 aliphatic carbocycles. The Kier molecular flexibility index (Phi) is 3.86. The summed E-state index contributed by atoms with van der Waals surface area (Å²) in [6, 6.07) is 7.92. The van der Waals surface area contributed by atoms with E-state index in [0.717, 1.165) is 53.0 Å².